The van der Waals surface area contributed by atoms with Crippen LogP contribution in [-0.4, -0.2) is 5.17 Å². The van der Waals surface area contributed by atoms with Gasteiger partial charge in [0.15, 0.2) is 0 Å². The van der Waals surface area contributed by atoms with Crippen LogP contribution in [0.3, 0.4) is 0 Å². The summed E-state index contributed by atoms with van der Waals surface area (Å²) in [7, 11) is 0. The van der Waals surface area contributed by atoms with Gasteiger partial charge in [-0.3, -0.25) is 5.41 Å². The number of halogens is 1. The van der Waals surface area contributed by atoms with Crippen molar-refractivity contribution in [1.82, 2.24) is 0 Å². The molecule has 0 saturated carbocycles. The average Bonchev–Trinajstić information content (AvgIpc) is 1.89. The third-order valence-electron chi connectivity index (χ3n) is 1.76. The minimum atomic E-state index is 0.321. The SMILES string of the molecule is CCCCC(CC)C(=N)Cl. The van der Waals surface area contributed by atoms with Crippen LogP contribution >= 0.6 is 11.6 Å². The molecule has 0 saturated heterocycles. The van der Waals surface area contributed by atoms with E-state index in [-0.39, 0.29) is 0 Å². The second-order valence-corrected chi connectivity index (χ2v) is 3.00. The molecule has 0 aliphatic heterocycles. The quantitative estimate of drug-likeness (QED) is 0.598. The number of rotatable bonds is 5. The van der Waals surface area contributed by atoms with Gasteiger partial charge in [0.1, 0.15) is 0 Å². The van der Waals surface area contributed by atoms with Gasteiger partial charge in [0.25, 0.3) is 0 Å². The van der Waals surface area contributed by atoms with Crippen molar-refractivity contribution < 1.29 is 0 Å². The minimum Gasteiger partial charge on any atom is -0.293 e. The fourth-order valence-electron chi connectivity index (χ4n) is 0.961. The second kappa shape index (κ2) is 5.72. The molecule has 1 atom stereocenters. The lowest BCUT2D eigenvalue weighted by Crippen LogP contribution is -2.05. The summed E-state index contributed by atoms with van der Waals surface area (Å²) in [6.45, 7) is 4.24. The molecular formula is C8H16ClN. The molecule has 0 rings (SSSR count). The van der Waals surface area contributed by atoms with Gasteiger partial charge >= 0.3 is 0 Å². The number of hydrogen-bond acceptors (Lipinski definition) is 1. The summed E-state index contributed by atoms with van der Waals surface area (Å²) in [6.07, 6.45) is 4.46. The summed E-state index contributed by atoms with van der Waals surface area (Å²) in [5.41, 5.74) is 0. The van der Waals surface area contributed by atoms with E-state index in [4.69, 9.17) is 17.0 Å². The Balaban J connectivity index is 3.50. The molecule has 1 unspecified atom stereocenters. The van der Waals surface area contributed by atoms with Crippen molar-refractivity contribution in [3.05, 3.63) is 0 Å². The summed E-state index contributed by atoms with van der Waals surface area (Å²) < 4.78 is 0. The van der Waals surface area contributed by atoms with Crippen LogP contribution in [0.1, 0.15) is 39.5 Å². The molecular weight excluding hydrogens is 146 g/mol. The summed E-state index contributed by atoms with van der Waals surface area (Å²) in [5.74, 6) is 0.321. The lowest BCUT2D eigenvalue weighted by Gasteiger charge is -2.09. The predicted molar refractivity (Wildman–Crippen MR) is 46.9 cm³/mol. The zero-order valence-corrected chi connectivity index (χ0v) is 7.54. The van der Waals surface area contributed by atoms with E-state index >= 15 is 0 Å². The normalized spacial score (nSPS) is 13.1. The smallest absolute Gasteiger partial charge is 0.1000 e. The lowest BCUT2D eigenvalue weighted by atomic mass is 10.0. The molecule has 0 aliphatic carbocycles. The Morgan fingerprint density at radius 1 is 1.50 bits per heavy atom. The summed E-state index contributed by atoms with van der Waals surface area (Å²) in [5, 5.41) is 7.53. The zero-order chi connectivity index (χ0) is 7.98. The monoisotopic (exact) mass is 161 g/mol. The molecule has 0 spiro atoms. The molecule has 0 amide bonds. The van der Waals surface area contributed by atoms with Crippen LogP contribution in [0.4, 0.5) is 0 Å². The van der Waals surface area contributed by atoms with Crippen molar-refractivity contribution in [2.75, 3.05) is 0 Å². The van der Waals surface area contributed by atoms with Gasteiger partial charge in [-0.15, -0.1) is 0 Å². The van der Waals surface area contributed by atoms with Crippen molar-refractivity contribution in [3.63, 3.8) is 0 Å². The topological polar surface area (TPSA) is 23.9 Å². The van der Waals surface area contributed by atoms with E-state index in [1.165, 1.54) is 12.8 Å². The molecule has 0 fully saturated rings. The van der Waals surface area contributed by atoms with E-state index in [1.807, 2.05) is 0 Å². The van der Waals surface area contributed by atoms with E-state index in [1.54, 1.807) is 0 Å². The Morgan fingerprint density at radius 3 is 2.40 bits per heavy atom. The third-order valence-corrected chi connectivity index (χ3v) is 2.07. The first kappa shape index (κ1) is 9.96. The van der Waals surface area contributed by atoms with Gasteiger partial charge in [-0.1, -0.05) is 38.3 Å². The number of nitrogens with one attached hydrogen (secondary N) is 1. The van der Waals surface area contributed by atoms with Crippen molar-refractivity contribution in [3.8, 4) is 0 Å². The molecule has 0 aliphatic rings. The van der Waals surface area contributed by atoms with Crippen molar-refractivity contribution in [1.29, 1.82) is 5.41 Å². The minimum absolute atomic E-state index is 0.321. The molecule has 2 heteroatoms. The highest BCUT2D eigenvalue weighted by Gasteiger charge is 2.08. The molecule has 1 N–H and O–H groups in total. The first-order valence-corrected chi connectivity index (χ1v) is 4.34. The van der Waals surface area contributed by atoms with Crippen molar-refractivity contribution >= 4 is 16.8 Å². The van der Waals surface area contributed by atoms with Crippen LogP contribution in [0.15, 0.2) is 0 Å². The zero-order valence-electron chi connectivity index (χ0n) is 6.78. The maximum absolute atomic E-state index is 7.20. The average molecular weight is 162 g/mol. The summed E-state index contributed by atoms with van der Waals surface area (Å²) >= 11 is 5.56. The third kappa shape index (κ3) is 3.89. The lowest BCUT2D eigenvalue weighted by molar-refractivity contribution is 0.571. The predicted octanol–water partition coefficient (Wildman–Crippen LogP) is 3.42. The van der Waals surface area contributed by atoms with E-state index in [2.05, 4.69) is 13.8 Å². The fraction of sp³-hybridized carbons (Fsp3) is 0.875. The Morgan fingerprint density at radius 2 is 2.10 bits per heavy atom. The van der Waals surface area contributed by atoms with Gasteiger partial charge in [0.05, 0.1) is 5.17 Å². The highest BCUT2D eigenvalue weighted by Crippen LogP contribution is 2.15. The highest BCUT2D eigenvalue weighted by atomic mass is 35.5. The highest BCUT2D eigenvalue weighted by molar-refractivity contribution is 6.64. The first-order chi connectivity index (χ1) is 4.72. The molecule has 10 heavy (non-hydrogen) atoms. The summed E-state index contributed by atoms with van der Waals surface area (Å²) in [4.78, 5) is 0. The molecule has 1 nitrogen and oxygen atoms in total. The van der Waals surface area contributed by atoms with Crippen LogP contribution in [0, 0.1) is 11.3 Å². The van der Waals surface area contributed by atoms with Crippen LogP contribution in [0.25, 0.3) is 0 Å². The molecule has 0 aromatic rings. The molecule has 0 bridgehead atoms. The maximum atomic E-state index is 7.20. The van der Waals surface area contributed by atoms with Gasteiger partial charge < -0.3 is 0 Å². The van der Waals surface area contributed by atoms with Gasteiger partial charge in [-0.05, 0) is 12.8 Å². The molecule has 0 aromatic carbocycles. The number of hydrogen-bond donors (Lipinski definition) is 1. The van der Waals surface area contributed by atoms with Crippen LogP contribution < -0.4 is 0 Å². The molecule has 0 radical (unpaired) electrons. The van der Waals surface area contributed by atoms with E-state index in [0.29, 0.717) is 11.1 Å². The Kier molecular flexibility index (Phi) is 5.70. The van der Waals surface area contributed by atoms with Gasteiger partial charge in [-0.2, -0.15) is 0 Å². The van der Waals surface area contributed by atoms with E-state index in [9.17, 15) is 0 Å². The van der Waals surface area contributed by atoms with Crippen LogP contribution in [0.5, 0.6) is 0 Å². The first-order valence-electron chi connectivity index (χ1n) is 3.96. The molecule has 0 aromatic heterocycles. The van der Waals surface area contributed by atoms with Gasteiger partial charge in [-0.25, -0.2) is 0 Å². The van der Waals surface area contributed by atoms with E-state index < -0.39 is 0 Å². The van der Waals surface area contributed by atoms with Gasteiger partial charge in [0.2, 0.25) is 0 Å². The molecule has 60 valence electrons. The Hall–Kier alpha value is -0.0400. The maximum Gasteiger partial charge on any atom is 0.1000 e. The standard InChI is InChI=1S/C8H16ClN/c1-3-5-6-7(4-2)8(9)10/h7,10H,3-6H2,1-2H3. The van der Waals surface area contributed by atoms with Crippen LogP contribution in [-0.2, 0) is 0 Å². The van der Waals surface area contributed by atoms with E-state index in [0.717, 1.165) is 12.8 Å². The molecule has 0 heterocycles. The van der Waals surface area contributed by atoms with Crippen molar-refractivity contribution in [2.24, 2.45) is 5.92 Å². The summed E-state index contributed by atoms with van der Waals surface area (Å²) in [6, 6.07) is 0. The Labute approximate surface area is 68.3 Å². The fourth-order valence-corrected chi connectivity index (χ4v) is 1.22. The van der Waals surface area contributed by atoms with Crippen LogP contribution in [0.2, 0.25) is 0 Å². The number of unbranched alkanes of at least 4 members (excludes halogenated alkanes) is 1. The second-order valence-electron chi connectivity index (χ2n) is 2.60. The Bertz CT molecular complexity index is 101. The van der Waals surface area contributed by atoms with Crippen molar-refractivity contribution in [2.45, 2.75) is 39.5 Å². The van der Waals surface area contributed by atoms with Gasteiger partial charge in [0, 0.05) is 5.92 Å². The largest absolute Gasteiger partial charge is 0.293 e.